The molecule has 22 heavy (non-hydrogen) atoms. The Morgan fingerprint density at radius 2 is 2.00 bits per heavy atom. The first-order valence-corrected chi connectivity index (χ1v) is 7.88. The topological polar surface area (TPSA) is 50.4 Å². The lowest BCUT2D eigenvalue weighted by Gasteiger charge is -2.30. The summed E-state index contributed by atoms with van der Waals surface area (Å²) in [6.07, 6.45) is 1.80. The molecule has 1 heterocycles. The Hall–Kier alpha value is -1.46. The maximum absolute atomic E-state index is 13.8. The number of ether oxygens (including phenoxy) is 1. The highest BCUT2D eigenvalue weighted by molar-refractivity contribution is 5.95. The van der Waals surface area contributed by atoms with Gasteiger partial charge in [0, 0.05) is 19.3 Å². The normalized spacial score (nSPS) is 17.5. The second kappa shape index (κ2) is 7.70. The Morgan fingerprint density at radius 1 is 1.32 bits per heavy atom. The molecule has 1 atom stereocenters. The van der Waals surface area contributed by atoms with Crippen LogP contribution in [-0.4, -0.2) is 31.2 Å². The lowest BCUT2D eigenvalue weighted by atomic mass is 9.99. The van der Waals surface area contributed by atoms with Gasteiger partial charge in [-0.15, -0.1) is 0 Å². The second-order valence-electron chi connectivity index (χ2n) is 6.25. The molecule has 1 aliphatic rings. The molecule has 0 aliphatic carbocycles. The zero-order chi connectivity index (χ0) is 16.1. The van der Waals surface area contributed by atoms with Crippen molar-refractivity contribution in [3.8, 4) is 0 Å². The van der Waals surface area contributed by atoms with Gasteiger partial charge < -0.3 is 15.4 Å². The van der Waals surface area contributed by atoms with Crippen molar-refractivity contribution in [1.82, 2.24) is 5.32 Å². The molecule has 1 aromatic carbocycles. The molecule has 1 aliphatic heterocycles. The van der Waals surface area contributed by atoms with Crippen LogP contribution >= 0.6 is 0 Å². The Morgan fingerprint density at radius 3 is 2.64 bits per heavy atom. The van der Waals surface area contributed by atoms with Gasteiger partial charge in [0.05, 0.1) is 11.7 Å². The maximum atomic E-state index is 13.8. The summed E-state index contributed by atoms with van der Waals surface area (Å²) < 4.78 is 19.1. The van der Waals surface area contributed by atoms with Crippen molar-refractivity contribution < 1.29 is 13.9 Å². The van der Waals surface area contributed by atoms with Crippen LogP contribution in [0, 0.1) is 18.7 Å². The van der Waals surface area contributed by atoms with E-state index in [4.69, 9.17) is 4.74 Å². The van der Waals surface area contributed by atoms with Crippen LogP contribution in [0.1, 0.15) is 32.3 Å². The summed E-state index contributed by atoms with van der Waals surface area (Å²) in [6.45, 7) is 7.29. The third-order valence-corrected chi connectivity index (χ3v) is 3.97. The third-order valence-electron chi connectivity index (χ3n) is 3.97. The summed E-state index contributed by atoms with van der Waals surface area (Å²) in [5.41, 5.74) is 1.15. The molecule has 0 unspecified atom stereocenters. The van der Waals surface area contributed by atoms with Gasteiger partial charge in [0.25, 0.3) is 0 Å². The summed E-state index contributed by atoms with van der Waals surface area (Å²) in [4.78, 5) is 12.5. The predicted molar refractivity (Wildman–Crippen MR) is 85.4 cm³/mol. The van der Waals surface area contributed by atoms with Crippen LogP contribution < -0.4 is 10.6 Å². The minimum absolute atomic E-state index is 0.121. The fourth-order valence-electron chi connectivity index (χ4n) is 2.63. The summed E-state index contributed by atoms with van der Waals surface area (Å²) in [5.74, 6) is -0.478. The number of carbonyl (C=O) groups is 1. The number of amides is 1. The van der Waals surface area contributed by atoms with Gasteiger partial charge in [-0.1, -0.05) is 19.9 Å². The van der Waals surface area contributed by atoms with E-state index in [1.807, 2.05) is 20.8 Å². The van der Waals surface area contributed by atoms with Crippen molar-refractivity contribution in [3.63, 3.8) is 0 Å². The van der Waals surface area contributed by atoms with Gasteiger partial charge in [0.1, 0.15) is 5.82 Å². The summed E-state index contributed by atoms with van der Waals surface area (Å²) in [6, 6.07) is 4.64. The average Bonchev–Trinajstić information content (AvgIpc) is 2.49. The summed E-state index contributed by atoms with van der Waals surface area (Å²) in [5, 5.41) is 6.11. The maximum Gasteiger partial charge on any atom is 0.241 e. The lowest BCUT2D eigenvalue weighted by Crippen LogP contribution is -2.50. The fraction of sp³-hybridized carbons (Fsp3) is 0.588. The Labute approximate surface area is 131 Å². The number of hydrogen-bond acceptors (Lipinski definition) is 3. The van der Waals surface area contributed by atoms with E-state index in [2.05, 4.69) is 10.6 Å². The van der Waals surface area contributed by atoms with Crippen molar-refractivity contribution in [3.05, 3.63) is 29.6 Å². The largest absolute Gasteiger partial charge is 0.381 e. The quantitative estimate of drug-likeness (QED) is 0.879. The van der Waals surface area contributed by atoms with Crippen LogP contribution in [0.25, 0.3) is 0 Å². The van der Waals surface area contributed by atoms with Crippen molar-refractivity contribution in [2.24, 2.45) is 5.92 Å². The van der Waals surface area contributed by atoms with Gasteiger partial charge in [-0.2, -0.15) is 0 Å². The van der Waals surface area contributed by atoms with E-state index in [1.54, 1.807) is 12.1 Å². The van der Waals surface area contributed by atoms with E-state index in [0.29, 0.717) is 0 Å². The van der Waals surface area contributed by atoms with Crippen molar-refractivity contribution >= 4 is 11.6 Å². The second-order valence-corrected chi connectivity index (χ2v) is 6.25. The average molecular weight is 308 g/mol. The van der Waals surface area contributed by atoms with E-state index in [0.717, 1.165) is 31.6 Å². The molecule has 1 aromatic rings. The number of benzene rings is 1. The number of hydrogen-bond donors (Lipinski definition) is 2. The number of rotatable bonds is 5. The first-order chi connectivity index (χ1) is 10.5. The summed E-state index contributed by atoms with van der Waals surface area (Å²) >= 11 is 0. The van der Waals surface area contributed by atoms with E-state index in [1.165, 1.54) is 6.07 Å². The van der Waals surface area contributed by atoms with Crippen LogP contribution in [0.5, 0.6) is 0 Å². The molecule has 0 radical (unpaired) electrons. The number of nitrogens with one attached hydrogen (secondary N) is 2. The SMILES string of the molecule is Cc1ccc(F)c(NC(=O)[C@H](NC2CCOCC2)C(C)C)c1. The molecule has 0 spiro atoms. The number of carbonyl (C=O) groups excluding carboxylic acids is 1. The zero-order valence-corrected chi connectivity index (χ0v) is 13.5. The molecule has 1 fully saturated rings. The van der Waals surface area contributed by atoms with Crippen LogP contribution in [-0.2, 0) is 9.53 Å². The van der Waals surface area contributed by atoms with Gasteiger partial charge in [-0.25, -0.2) is 4.39 Å². The van der Waals surface area contributed by atoms with Crippen LogP contribution in [0.4, 0.5) is 10.1 Å². The minimum atomic E-state index is -0.410. The van der Waals surface area contributed by atoms with E-state index >= 15 is 0 Å². The highest BCUT2D eigenvalue weighted by Crippen LogP contribution is 2.18. The molecule has 2 N–H and O–H groups in total. The zero-order valence-electron chi connectivity index (χ0n) is 13.5. The van der Waals surface area contributed by atoms with Gasteiger partial charge in [-0.3, -0.25) is 4.79 Å². The molecule has 122 valence electrons. The molecule has 1 amide bonds. The Bertz CT molecular complexity index is 513. The first-order valence-electron chi connectivity index (χ1n) is 7.88. The number of anilines is 1. The van der Waals surface area contributed by atoms with Crippen molar-refractivity contribution in [1.29, 1.82) is 0 Å². The van der Waals surface area contributed by atoms with E-state index in [-0.39, 0.29) is 29.6 Å². The van der Waals surface area contributed by atoms with Crippen molar-refractivity contribution in [2.75, 3.05) is 18.5 Å². The fourth-order valence-corrected chi connectivity index (χ4v) is 2.63. The smallest absolute Gasteiger partial charge is 0.241 e. The Kier molecular flexibility index (Phi) is 5.91. The molecular weight excluding hydrogens is 283 g/mol. The number of aryl methyl sites for hydroxylation is 1. The third kappa shape index (κ3) is 4.52. The number of halogens is 1. The van der Waals surface area contributed by atoms with Gasteiger partial charge in [0.15, 0.2) is 0 Å². The molecule has 0 saturated carbocycles. The first kappa shape index (κ1) is 16.9. The standard InChI is InChI=1S/C17H25FN2O2/c1-11(2)16(19-13-6-8-22-9-7-13)17(21)20-15-10-12(3)4-5-14(15)18/h4-5,10-11,13,16,19H,6-9H2,1-3H3,(H,20,21)/t16-/m1/s1. The highest BCUT2D eigenvalue weighted by Gasteiger charge is 2.26. The highest BCUT2D eigenvalue weighted by atomic mass is 19.1. The Balaban J connectivity index is 2.04. The molecule has 4 nitrogen and oxygen atoms in total. The van der Waals surface area contributed by atoms with Gasteiger partial charge >= 0.3 is 0 Å². The predicted octanol–water partition coefficient (Wildman–Crippen LogP) is 2.87. The molecule has 5 heteroatoms. The minimum Gasteiger partial charge on any atom is -0.381 e. The van der Waals surface area contributed by atoms with Crippen LogP contribution in [0.2, 0.25) is 0 Å². The van der Waals surface area contributed by atoms with Crippen molar-refractivity contribution in [2.45, 2.75) is 45.7 Å². The van der Waals surface area contributed by atoms with Gasteiger partial charge in [-0.05, 0) is 43.4 Å². The van der Waals surface area contributed by atoms with Crippen LogP contribution in [0.15, 0.2) is 18.2 Å². The van der Waals surface area contributed by atoms with Gasteiger partial charge in [0.2, 0.25) is 5.91 Å². The molecular formula is C17H25FN2O2. The monoisotopic (exact) mass is 308 g/mol. The van der Waals surface area contributed by atoms with E-state index < -0.39 is 5.82 Å². The lowest BCUT2D eigenvalue weighted by molar-refractivity contribution is -0.119. The molecule has 0 aromatic heterocycles. The van der Waals surface area contributed by atoms with Crippen LogP contribution in [0.3, 0.4) is 0 Å². The summed E-state index contributed by atoms with van der Waals surface area (Å²) in [7, 11) is 0. The van der Waals surface area contributed by atoms with E-state index in [9.17, 15) is 9.18 Å². The molecule has 0 bridgehead atoms. The molecule has 2 rings (SSSR count). The molecule has 1 saturated heterocycles.